The molecule has 0 aromatic heterocycles. The third-order valence-electron chi connectivity index (χ3n) is 4.79. The van der Waals surface area contributed by atoms with E-state index < -0.39 is 12.1 Å². The van der Waals surface area contributed by atoms with Gasteiger partial charge < -0.3 is 10.6 Å². The average molecular weight is 306 g/mol. The van der Waals surface area contributed by atoms with Crippen LogP contribution in [0, 0.1) is 11.8 Å². The SMILES string of the molecule is CC1CCCC(CNC(=O)C2CCC(C(F)(F)F)CC2)N1. The van der Waals surface area contributed by atoms with Crippen LogP contribution in [0.2, 0.25) is 0 Å². The summed E-state index contributed by atoms with van der Waals surface area (Å²) in [6.45, 7) is 2.72. The Kier molecular flexibility index (Phi) is 5.52. The molecule has 1 saturated heterocycles. The molecule has 0 aromatic rings. The first-order valence-electron chi connectivity index (χ1n) is 7.96. The van der Waals surface area contributed by atoms with Crippen LogP contribution in [0.15, 0.2) is 0 Å². The highest BCUT2D eigenvalue weighted by Crippen LogP contribution is 2.39. The Morgan fingerprint density at radius 2 is 1.81 bits per heavy atom. The van der Waals surface area contributed by atoms with Crippen LogP contribution < -0.4 is 10.6 Å². The first-order valence-corrected chi connectivity index (χ1v) is 7.96. The van der Waals surface area contributed by atoms with Gasteiger partial charge in [0.2, 0.25) is 5.91 Å². The summed E-state index contributed by atoms with van der Waals surface area (Å²) >= 11 is 0. The zero-order chi connectivity index (χ0) is 15.5. The second-order valence-electron chi connectivity index (χ2n) is 6.53. The van der Waals surface area contributed by atoms with Crippen LogP contribution in [-0.2, 0) is 4.79 Å². The Balaban J connectivity index is 1.70. The van der Waals surface area contributed by atoms with Gasteiger partial charge in [-0.1, -0.05) is 6.42 Å². The predicted octanol–water partition coefficient (Wildman–Crippen LogP) is 3.00. The van der Waals surface area contributed by atoms with Crippen molar-refractivity contribution in [3.8, 4) is 0 Å². The number of piperidine rings is 1. The van der Waals surface area contributed by atoms with Crippen LogP contribution in [0.1, 0.15) is 51.9 Å². The number of halogens is 3. The van der Waals surface area contributed by atoms with E-state index in [1.54, 1.807) is 0 Å². The van der Waals surface area contributed by atoms with E-state index >= 15 is 0 Å². The van der Waals surface area contributed by atoms with Crippen LogP contribution in [0.5, 0.6) is 0 Å². The maximum Gasteiger partial charge on any atom is 0.391 e. The van der Waals surface area contributed by atoms with Crippen molar-refractivity contribution in [3.05, 3.63) is 0 Å². The molecule has 21 heavy (non-hydrogen) atoms. The number of carbonyl (C=O) groups excluding carboxylic acids is 1. The van der Waals surface area contributed by atoms with Gasteiger partial charge in [-0.3, -0.25) is 4.79 Å². The lowest BCUT2D eigenvalue weighted by Crippen LogP contribution is -2.48. The Bertz CT molecular complexity index is 351. The zero-order valence-corrected chi connectivity index (χ0v) is 12.5. The summed E-state index contributed by atoms with van der Waals surface area (Å²) in [5, 5.41) is 6.35. The highest BCUT2D eigenvalue weighted by Gasteiger charge is 2.42. The molecule has 2 rings (SSSR count). The Morgan fingerprint density at radius 3 is 2.38 bits per heavy atom. The maximum atomic E-state index is 12.6. The van der Waals surface area contributed by atoms with E-state index in [2.05, 4.69) is 17.6 Å². The van der Waals surface area contributed by atoms with Crippen molar-refractivity contribution in [1.82, 2.24) is 10.6 Å². The van der Waals surface area contributed by atoms with Gasteiger partial charge >= 0.3 is 6.18 Å². The maximum absolute atomic E-state index is 12.6. The van der Waals surface area contributed by atoms with E-state index in [1.165, 1.54) is 0 Å². The van der Waals surface area contributed by atoms with E-state index in [-0.39, 0.29) is 24.7 Å². The molecule has 2 unspecified atom stereocenters. The molecule has 0 radical (unpaired) electrons. The second kappa shape index (κ2) is 6.99. The quantitative estimate of drug-likeness (QED) is 0.841. The summed E-state index contributed by atoms with van der Waals surface area (Å²) in [5.41, 5.74) is 0. The molecule has 0 aromatic carbocycles. The van der Waals surface area contributed by atoms with Crippen LogP contribution in [0.25, 0.3) is 0 Å². The number of carbonyl (C=O) groups is 1. The van der Waals surface area contributed by atoms with Crippen molar-refractivity contribution in [2.75, 3.05) is 6.54 Å². The third-order valence-corrected chi connectivity index (χ3v) is 4.79. The Morgan fingerprint density at radius 1 is 1.14 bits per heavy atom. The van der Waals surface area contributed by atoms with Crippen LogP contribution in [0.4, 0.5) is 13.2 Å². The molecule has 2 aliphatic rings. The van der Waals surface area contributed by atoms with Crippen molar-refractivity contribution in [2.24, 2.45) is 11.8 Å². The van der Waals surface area contributed by atoms with Gasteiger partial charge in [-0.15, -0.1) is 0 Å². The molecule has 1 saturated carbocycles. The van der Waals surface area contributed by atoms with Crippen LogP contribution in [0.3, 0.4) is 0 Å². The molecule has 6 heteroatoms. The van der Waals surface area contributed by atoms with Crippen molar-refractivity contribution >= 4 is 5.91 Å². The van der Waals surface area contributed by atoms with Crippen molar-refractivity contribution in [1.29, 1.82) is 0 Å². The van der Waals surface area contributed by atoms with Gasteiger partial charge in [-0.05, 0) is 45.4 Å². The molecule has 0 bridgehead atoms. The van der Waals surface area contributed by atoms with Crippen molar-refractivity contribution < 1.29 is 18.0 Å². The summed E-state index contributed by atoms with van der Waals surface area (Å²) in [4.78, 5) is 12.1. The molecule has 2 atom stereocenters. The molecule has 2 fully saturated rings. The fourth-order valence-electron chi connectivity index (χ4n) is 3.45. The number of hydrogen-bond acceptors (Lipinski definition) is 2. The van der Waals surface area contributed by atoms with E-state index in [4.69, 9.17) is 0 Å². The molecule has 122 valence electrons. The average Bonchev–Trinajstić information content (AvgIpc) is 2.44. The summed E-state index contributed by atoms with van der Waals surface area (Å²) < 4.78 is 37.8. The third kappa shape index (κ3) is 4.87. The number of hydrogen-bond donors (Lipinski definition) is 2. The summed E-state index contributed by atoms with van der Waals surface area (Å²) in [7, 11) is 0. The highest BCUT2D eigenvalue weighted by molar-refractivity contribution is 5.78. The van der Waals surface area contributed by atoms with E-state index in [1.807, 2.05) is 0 Å². The molecule has 1 amide bonds. The lowest BCUT2D eigenvalue weighted by molar-refractivity contribution is -0.184. The van der Waals surface area contributed by atoms with Crippen LogP contribution in [-0.4, -0.2) is 30.7 Å². The minimum atomic E-state index is -4.11. The standard InChI is InChI=1S/C15H25F3N2O/c1-10-3-2-4-13(20-10)9-19-14(21)11-5-7-12(8-6-11)15(16,17)18/h10-13,20H,2-9H2,1H3,(H,19,21). The van der Waals surface area contributed by atoms with Crippen molar-refractivity contribution in [3.63, 3.8) is 0 Å². The number of amides is 1. The predicted molar refractivity (Wildman–Crippen MR) is 74.7 cm³/mol. The van der Waals surface area contributed by atoms with Gasteiger partial charge in [-0.2, -0.15) is 13.2 Å². The van der Waals surface area contributed by atoms with Crippen LogP contribution >= 0.6 is 0 Å². The molecular formula is C15H25F3N2O. The monoisotopic (exact) mass is 306 g/mol. The van der Waals surface area contributed by atoms with E-state index in [0.717, 1.165) is 19.3 Å². The fraction of sp³-hybridized carbons (Fsp3) is 0.933. The van der Waals surface area contributed by atoms with Gasteiger partial charge in [0.15, 0.2) is 0 Å². The lowest BCUT2D eigenvalue weighted by Gasteiger charge is -2.31. The first kappa shape index (κ1) is 16.6. The van der Waals surface area contributed by atoms with Gasteiger partial charge in [0, 0.05) is 24.5 Å². The zero-order valence-electron chi connectivity index (χ0n) is 12.5. The van der Waals surface area contributed by atoms with Gasteiger partial charge in [0.25, 0.3) is 0 Å². The molecule has 0 spiro atoms. The van der Waals surface area contributed by atoms with Gasteiger partial charge in [0.1, 0.15) is 0 Å². The Labute approximate surface area is 124 Å². The molecule has 2 N–H and O–H groups in total. The smallest absolute Gasteiger partial charge is 0.354 e. The molecule has 1 aliphatic heterocycles. The summed E-state index contributed by atoms with van der Waals surface area (Å²) in [6.07, 6.45) is 0.127. The highest BCUT2D eigenvalue weighted by atomic mass is 19.4. The fourth-order valence-corrected chi connectivity index (χ4v) is 3.45. The lowest BCUT2D eigenvalue weighted by atomic mass is 9.81. The molecule has 3 nitrogen and oxygen atoms in total. The minimum absolute atomic E-state index is 0.0735. The normalized spacial score (nSPS) is 34.5. The van der Waals surface area contributed by atoms with Crippen molar-refractivity contribution in [2.45, 2.75) is 70.1 Å². The second-order valence-corrected chi connectivity index (χ2v) is 6.53. The number of nitrogens with one attached hydrogen (secondary N) is 2. The number of rotatable bonds is 3. The number of alkyl halides is 3. The summed E-state index contributed by atoms with van der Waals surface area (Å²) in [5.74, 6) is -1.54. The molecular weight excluding hydrogens is 281 g/mol. The summed E-state index contributed by atoms with van der Waals surface area (Å²) in [6, 6.07) is 0.770. The van der Waals surface area contributed by atoms with E-state index in [0.29, 0.717) is 31.5 Å². The molecule has 1 heterocycles. The molecule has 1 aliphatic carbocycles. The first-order chi connectivity index (χ1) is 9.86. The largest absolute Gasteiger partial charge is 0.391 e. The topological polar surface area (TPSA) is 41.1 Å². The van der Waals surface area contributed by atoms with E-state index in [9.17, 15) is 18.0 Å². The van der Waals surface area contributed by atoms with Gasteiger partial charge in [0.05, 0.1) is 5.92 Å². The van der Waals surface area contributed by atoms with Gasteiger partial charge in [-0.25, -0.2) is 0 Å². The minimum Gasteiger partial charge on any atom is -0.354 e. The Hall–Kier alpha value is -0.780.